The lowest BCUT2D eigenvalue weighted by molar-refractivity contribution is -0.384. The molecule has 1 saturated heterocycles. The number of fused-ring (bicyclic) bond motifs is 1. The summed E-state index contributed by atoms with van der Waals surface area (Å²) >= 11 is 0. The van der Waals surface area contributed by atoms with Crippen molar-refractivity contribution in [3.8, 4) is 11.1 Å². The number of rotatable bonds is 9. The van der Waals surface area contributed by atoms with Crippen molar-refractivity contribution in [2.24, 2.45) is 0 Å². The molecule has 0 aliphatic carbocycles. The number of hydrogen-bond acceptors (Lipinski definition) is 5. The lowest BCUT2D eigenvalue weighted by atomic mass is 9.99. The van der Waals surface area contributed by atoms with Gasteiger partial charge in [0.15, 0.2) is 0 Å². The van der Waals surface area contributed by atoms with Crippen molar-refractivity contribution in [3.63, 3.8) is 0 Å². The van der Waals surface area contributed by atoms with Crippen LogP contribution in [0.5, 0.6) is 0 Å². The third-order valence-electron chi connectivity index (χ3n) is 6.26. The molecular formula is C25H34N4O3Si. The van der Waals surface area contributed by atoms with Crippen LogP contribution >= 0.6 is 0 Å². The zero-order valence-corrected chi connectivity index (χ0v) is 20.9. The number of likely N-dealkylation sites (tertiary alicyclic amines) is 1. The summed E-state index contributed by atoms with van der Waals surface area (Å²) in [4.78, 5) is 14.2. The summed E-state index contributed by atoms with van der Waals surface area (Å²) in [6, 6.07) is 12.8. The molecule has 0 unspecified atom stereocenters. The normalized spacial score (nSPS) is 15.2. The van der Waals surface area contributed by atoms with E-state index in [1.165, 1.54) is 24.8 Å². The highest BCUT2D eigenvalue weighted by molar-refractivity contribution is 6.76. The van der Waals surface area contributed by atoms with Crippen molar-refractivity contribution < 1.29 is 9.66 Å². The number of aromatic nitrogens is 2. The molecule has 7 nitrogen and oxygen atoms in total. The molecular weight excluding hydrogens is 432 g/mol. The summed E-state index contributed by atoms with van der Waals surface area (Å²) in [5.74, 6) is 0. The fourth-order valence-electron chi connectivity index (χ4n) is 4.34. The summed E-state index contributed by atoms with van der Waals surface area (Å²) in [6.07, 6.45) is 5.56. The Labute approximate surface area is 196 Å². The molecule has 3 aromatic rings. The van der Waals surface area contributed by atoms with Crippen LogP contribution < -0.4 is 0 Å². The van der Waals surface area contributed by atoms with Gasteiger partial charge in [-0.3, -0.25) is 15.0 Å². The highest BCUT2D eigenvalue weighted by Gasteiger charge is 2.20. The average Bonchev–Trinajstić information content (AvgIpc) is 3.18. The molecule has 0 amide bonds. The molecule has 33 heavy (non-hydrogen) atoms. The Kier molecular flexibility index (Phi) is 7.26. The first-order valence-corrected chi connectivity index (χ1v) is 15.5. The van der Waals surface area contributed by atoms with Gasteiger partial charge in [-0.15, -0.1) is 0 Å². The van der Waals surface area contributed by atoms with Gasteiger partial charge in [-0.25, -0.2) is 4.68 Å². The van der Waals surface area contributed by atoms with Crippen molar-refractivity contribution in [1.29, 1.82) is 0 Å². The van der Waals surface area contributed by atoms with Crippen molar-refractivity contribution >= 4 is 24.7 Å². The first-order valence-electron chi connectivity index (χ1n) is 11.8. The van der Waals surface area contributed by atoms with E-state index < -0.39 is 8.07 Å². The molecule has 4 rings (SSSR count). The lowest BCUT2D eigenvalue weighted by Crippen LogP contribution is -2.29. The zero-order chi connectivity index (χ0) is 23.4. The number of hydrogen-bond donors (Lipinski definition) is 0. The van der Waals surface area contributed by atoms with Gasteiger partial charge in [-0.05, 0) is 55.2 Å². The Hall–Kier alpha value is -2.55. The smallest absolute Gasteiger partial charge is 0.279 e. The molecule has 8 heteroatoms. The molecule has 1 aromatic heterocycles. The van der Waals surface area contributed by atoms with Gasteiger partial charge >= 0.3 is 0 Å². The quantitative estimate of drug-likeness (QED) is 0.170. The molecule has 1 aliphatic heterocycles. The van der Waals surface area contributed by atoms with Crippen LogP contribution in [-0.2, 0) is 18.0 Å². The van der Waals surface area contributed by atoms with E-state index in [1.54, 1.807) is 16.9 Å². The maximum absolute atomic E-state index is 12.0. The van der Waals surface area contributed by atoms with Crippen LogP contribution in [0.3, 0.4) is 0 Å². The molecule has 0 atom stereocenters. The van der Waals surface area contributed by atoms with E-state index in [4.69, 9.17) is 4.74 Å². The second-order valence-corrected chi connectivity index (χ2v) is 15.8. The maximum atomic E-state index is 12.0. The van der Waals surface area contributed by atoms with Crippen LogP contribution in [0.2, 0.25) is 25.7 Å². The third kappa shape index (κ3) is 6.07. The van der Waals surface area contributed by atoms with E-state index in [-0.39, 0.29) is 10.6 Å². The Morgan fingerprint density at radius 3 is 2.64 bits per heavy atom. The molecule has 0 radical (unpaired) electrons. The minimum Gasteiger partial charge on any atom is -0.360 e. The van der Waals surface area contributed by atoms with Crippen molar-refractivity contribution in [2.75, 3.05) is 19.7 Å². The summed E-state index contributed by atoms with van der Waals surface area (Å²) in [6.45, 7) is 11.0. The molecule has 0 saturated carbocycles. The predicted molar refractivity (Wildman–Crippen MR) is 135 cm³/mol. The van der Waals surface area contributed by atoms with E-state index in [0.29, 0.717) is 18.9 Å². The largest absolute Gasteiger partial charge is 0.360 e. The number of piperidine rings is 1. The molecule has 2 heterocycles. The highest BCUT2D eigenvalue weighted by Crippen LogP contribution is 2.34. The van der Waals surface area contributed by atoms with Crippen molar-refractivity contribution in [3.05, 3.63) is 58.3 Å². The molecule has 0 spiro atoms. The summed E-state index contributed by atoms with van der Waals surface area (Å²) in [5, 5.41) is 17.3. The molecule has 1 fully saturated rings. The predicted octanol–water partition coefficient (Wildman–Crippen LogP) is 5.91. The van der Waals surface area contributed by atoms with Gasteiger partial charge in [0.2, 0.25) is 0 Å². The number of benzene rings is 2. The number of nitrogens with zero attached hydrogens (tertiary/aromatic N) is 4. The minimum atomic E-state index is -1.17. The second-order valence-electron chi connectivity index (χ2n) is 10.2. The average molecular weight is 467 g/mol. The van der Waals surface area contributed by atoms with Crippen molar-refractivity contribution in [2.45, 2.75) is 58.2 Å². The second kappa shape index (κ2) is 10.2. The van der Waals surface area contributed by atoms with Gasteiger partial charge in [-0.2, -0.15) is 5.10 Å². The highest BCUT2D eigenvalue weighted by atomic mass is 28.3. The first kappa shape index (κ1) is 23.6. The van der Waals surface area contributed by atoms with Crippen molar-refractivity contribution in [1.82, 2.24) is 14.7 Å². The Morgan fingerprint density at radius 1 is 1.12 bits per heavy atom. The topological polar surface area (TPSA) is 73.4 Å². The van der Waals surface area contributed by atoms with E-state index in [9.17, 15) is 10.1 Å². The Morgan fingerprint density at radius 2 is 1.91 bits per heavy atom. The number of ether oxygens (including phenoxy) is 1. The van der Waals surface area contributed by atoms with E-state index in [0.717, 1.165) is 42.1 Å². The van der Waals surface area contributed by atoms with Crippen LogP contribution in [0.1, 0.15) is 24.8 Å². The van der Waals surface area contributed by atoms with Crippen LogP contribution in [0.25, 0.3) is 22.0 Å². The van der Waals surface area contributed by atoms with Crippen LogP contribution in [0.4, 0.5) is 5.69 Å². The molecule has 1 aliphatic rings. The monoisotopic (exact) mass is 466 g/mol. The van der Waals surface area contributed by atoms with Crippen LogP contribution in [0.15, 0.2) is 42.6 Å². The molecule has 2 aromatic carbocycles. The standard InChI is InChI=1S/C25H34N4O3Si/c1-33(2,3)13-12-32-19-28-24-16-25(29(30)31)23(15-22(24)17-26-28)21-9-7-8-20(14-21)18-27-10-5-4-6-11-27/h7-9,14-17H,4-6,10-13,18-19H2,1-3H3. The van der Waals surface area contributed by atoms with Crippen LogP contribution in [-0.4, -0.2) is 47.4 Å². The zero-order valence-electron chi connectivity index (χ0n) is 19.9. The molecule has 0 N–H and O–H groups in total. The molecule has 176 valence electrons. The SMILES string of the molecule is C[Si](C)(C)CCOCn1ncc2cc(-c3cccc(CN4CCCCC4)c3)c([N+](=O)[O-])cc21. The fraction of sp³-hybridized carbons (Fsp3) is 0.480. The minimum absolute atomic E-state index is 0.0986. The summed E-state index contributed by atoms with van der Waals surface area (Å²) < 4.78 is 7.54. The fourth-order valence-corrected chi connectivity index (χ4v) is 5.10. The van der Waals surface area contributed by atoms with Gasteiger partial charge in [-0.1, -0.05) is 44.3 Å². The lowest BCUT2D eigenvalue weighted by Gasteiger charge is -2.26. The van der Waals surface area contributed by atoms with Gasteiger partial charge in [0.1, 0.15) is 6.73 Å². The van der Waals surface area contributed by atoms with Gasteiger partial charge in [0, 0.05) is 32.7 Å². The number of nitro groups is 1. The Balaban J connectivity index is 1.58. The van der Waals surface area contributed by atoms with E-state index in [2.05, 4.69) is 41.8 Å². The van der Waals surface area contributed by atoms with E-state index in [1.807, 2.05) is 18.2 Å². The van der Waals surface area contributed by atoms with E-state index >= 15 is 0 Å². The van der Waals surface area contributed by atoms with Crippen LogP contribution in [0, 0.1) is 10.1 Å². The maximum Gasteiger partial charge on any atom is 0.279 e. The third-order valence-corrected chi connectivity index (χ3v) is 7.96. The first-order chi connectivity index (χ1) is 15.8. The molecule has 0 bridgehead atoms. The number of nitro benzene ring substituents is 1. The summed E-state index contributed by atoms with van der Waals surface area (Å²) in [5.41, 5.74) is 3.52. The summed E-state index contributed by atoms with van der Waals surface area (Å²) in [7, 11) is -1.17. The van der Waals surface area contributed by atoms with Gasteiger partial charge in [0.25, 0.3) is 5.69 Å². The van der Waals surface area contributed by atoms with Gasteiger partial charge in [0.05, 0.1) is 22.2 Å². The Bertz CT molecular complexity index is 1120. The van der Waals surface area contributed by atoms with Gasteiger partial charge < -0.3 is 4.74 Å².